The third kappa shape index (κ3) is 3.04. The zero-order chi connectivity index (χ0) is 11.5. The molecule has 5 nitrogen and oxygen atoms in total. The predicted octanol–water partition coefficient (Wildman–Crippen LogP) is 0.299. The smallest absolute Gasteiger partial charge is 0.306 e. The number of aliphatic carboxylic acids is 1. The van der Waals surface area contributed by atoms with Gasteiger partial charge < -0.3 is 5.11 Å². The van der Waals surface area contributed by atoms with E-state index >= 15 is 0 Å². The molecule has 1 heterocycles. The van der Waals surface area contributed by atoms with Crippen LogP contribution >= 0.6 is 0 Å². The monoisotopic (exact) mass is 233 g/mol. The Labute approximate surface area is 89.4 Å². The van der Waals surface area contributed by atoms with Gasteiger partial charge in [0.15, 0.2) is 0 Å². The van der Waals surface area contributed by atoms with E-state index in [9.17, 15) is 13.2 Å². The van der Waals surface area contributed by atoms with Crippen LogP contribution in [0.2, 0.25) is 0 Å². The summed E-state index contributed by atoms with van der Waals surface area (Å²) in [6.07, 6.45) is 2.13. The van der Waals surface area contributed by atoms with E-state index in [0.29, 0.717) is 25.9 Å². The maximum Gasteiger partial charge on any atom is 0.306 e. The van der Waals surface area contributed by atoms with Crippen molar-refractivity contribution in [3.63, 3.8) is 0 Å². The molecule has 1 rings (SSSR count). The Morgan fingerprint density at radius 1 is 1.47 bits per heavy atom. The van der Waals surface area contributed by atoms with Gasteiger partial charge in [-0.25, -0.2) is 12.7 Å². The quantitative estimate of drug-likeness (QED) is 0.709. The Bertz CT molecular complexity index is 341. The number of carboxylic acid groups (broad SMARTS) is 1. The summed E-state index contributed by atoms with van der Waals surface area (Å²) in [6, 6.07) is 0. The Hall–Kier alpha value is -0.880. The van der Waals surface area contributed by atoms with Crippen LogP contribution < -0.4 is 0 Å². The molecule has 1 aliphatic rings. The maximum atomic E-state index is 11.6. The van der Waals surface area contributed by atoms with E-state index in [1.807, 2.05) is 0 Å². The number of nitrogens with zero attached hydrogens (tertiary/aromatic N) is 1. The molecular weight excluding hydrogens is 218 g/mol. The van der Waals surface area contributed by atoms with Crippen LogP contribution in [0.3, 0.4) is 0 Å². The van der Waals surface area contributed by atoms with Gasteiger partial charge in [0.1, 0.15) is 0 Å². The van der Waals surface area contributed by atoms with Crippen LogP contribution in [0.25, 0.3) is 0 Å². The van der Waals surface area contributed by atoms with Crippen molar-refractivity contribution >= 4 is 16.0 Å². The molecule has 0 saturated carbocycles. The second-order valence-corrected chi connectivity index (χ2v) is 5.59. The minimum absolute atomic E-state index is 0.0786. The van der Waals surface area contributed by atoms with Gasteiger partial charge >= 0.3 is 5.97 Å². The van der Waals surface area contributed by atoms with Gasteiger partial charge in [-0.15, -0.1) is 6.58 Å². The van der Waals surface area contributed by atoms with Gasteiger partial charge in [-0.3, -0.25) is 4.79 Å². The van der Waals surface area contributed by atoms with Crippen LogP contribution in [-0.4, -0.2) is 42.6 Å². The lowest BCUT2D eigenvalue weighted by molar-refractivity contribution is -0.142. The molecule has 0 aromatic heterocycles. The van der Waals surface area contributed by atoms with E-state index in [2.05, 4.69) is 6.58 Å². The number of carboxylic acids is 1. The van der Waals surface area contributed by atoms with Gasteiger partial charge in [-0.1, -0.05) is 6.08 Å². The minimum Gasteiger partial charge on any atom is -0.481 e. The fourth-order valence-electron chi connectivity index (χ4n) is 1.64. The van der Waals surface area contributed by atoms with Crippen LogP contribution in [0, 0.1) is 5.92 Å². The summed E-state index contributed by atoms with van der Waals surface area (Å²) in [7, 11) is -3.26. The predicted molar refractivity (Wildman–Crippen MR) is 55.9 cm³/mol. The highest BCUT2D eigenvalue weighted by Gasteiger charge is 2.29. The third-order valence-corrected chi connectivity index (χ3v) is 4.33. The van der Waals surface area contributed by atoms with Crippen LogP contribution in [0.15, 0.2) is 12.7 Å². The van der Waals surface area contributed by atoms with Gasteiger partial charge in [-0.2, -0.15) is 0 Å². The molecule has 0 aliphatic carbocycles. The van der Waals surface area contributed by atoms with Crippen molar-refractivity contribution in [3.05, 3.63) is 12.7 Å². The molecule has 0 unspecified atom stereocenters. The summed E-state index contributed by atoms with van der Waals surface area (Å²) in [5, 5.41) is 8.75. The molecule has 0 aromatic carbocycles. The lowest BCUT2D eigenvalue weighted by atomic mass is 9.99. The highest BCUT2D eigenvalue weighted by molar-refractivity contribution is 7.89. The molecule has 1 aliphatic heterocycles. The van der Waals surface area contributed by atoms with Gasteiger partial charge in [0.2, 0.25) is 10.0 Å². The van der Waals surface area contributed by atoms with Crippen molar-refractivity contribution in [2.45, 2.75) is 12.8 Å². The zero-order valence-corrected chi connectivity index (χ0v) is 9.24. The number of hydrogen-bond acceptors (Lipinski definition) is 3. The highest BCUT2D eigenvalue weighted by atomic mass is 32.2. The maximum absolute atomic E-state index is 11.6. The molecule has 15 heavy (non-hydrogen) atoms. The fourth-order valence-corrected chi connectivity index (χ4v) is 2.91. The highest BCUT2D eigenvalue weighted by Crippen LogP contribution is 2.19. The van der Waals surface area contributed by atoms with E-state index in [1.54, 1.807) is 0 Å². The zero-order valence-electron chi connectivity index (χ0n) is 8.42. The molecule has 0 aromatic rings. The van der Waals surface area contributed by atoms with Gasteiger partial charge in [0.25, 0.3) is 0 Å². The summed E-state index contributed by atoms with van der Waals surface area (Å²) in [4.78, 5) is 10.7. The number of hydrogen-bond donors (Lipinski definition) is 1. The average molecular weight is 233 g/mol. The first-order chi connectivity index (χ1) is 6.97. The Balaban J connectivity index is 2.57. The Kier molecular flexibility index (Phi) is 3.87. The standard InChI is InChI=1S/C9H15NO4S/c1-2-7-15(13,14)10-5-3-8(4-6-10)9(11)12/h2,8H,1,3-7H2,(H,11,12). The first-order valence-corrected chi connectivity index (χ1v) is 6.40. The molecule has 86 valence electrons. The Morgan fingerprint density at radius 2 is 2.00 bits per heavy atom. The van der Waals surface area contributed by atoms with E-state index < -0.39 is 21.9 Å². The summed E-state index contributed by atoms with van der Waals surface area (Å²) < 4.78 is 24.5. The number of piperidine rings is 1. The molecule has 6 heteroatoms. The van der Waals surface area contributed by atoms with E-state index in [1.165, 1.54) is 10.4 Å². The van der Waals surface area contributed by atoms with Crippen molar-refractivity contribution in [1.82, 2.24) is 4.31 Å². The molecule has 1 N–H and O–H groups in total. The normalized spacial score (nSPS) is 20.0. The first-order valence-electron chi connectivity index (χ1n) is 4.79. The van der Waals surface area contributed by atoms with Crippen molar-refractivity contribution in [3.8, 4) is 0 Å². The van der Waals surface area contributed by atoms with Gasteiger partial charge in [-0.05, 0) is 12.8 Å². The number of sulfonamides is 1. The largest absolute Gasteiger partial charge is 0.481 e. The molecule has 1 saturated heterocycles. The first kappa shape index (κ1) is 12.2. The molecule has 0 atom stereocenters. The molecule has 0 amide bonds. The third-order valence-electron chi connectivity index (χ3n) is 2.53. The molecule has 0 spiro atoms. The lowest BCUT2D eigenvalue weighted by Gasteiger charge is -2.28. The summed E-state index contributed by atoms with van der Waals surface area (Å²) >= 11 is 0. The van der Waals surface area contributed by atoms with Crippen molar-refractivity contribution in [2.24, 2.45) is 5.92 Å². The second-order valence-electron chi connectivity index (χ2n) is 3.58. The van der Waals surface area contributed by atoms with Gasteiger partial charge in [0.05, 0.1) is 11.7 Å². The van der Waals surface area contributed by atoms with Crippen molar-refractivity contribution < 1.29 is 18.3 Å². The van der Waals surface area contributed by atoms with Crippen LogP contribution in [-0.2, 0) is 14.8 Å². The summed E-state index contributed by atoms with van der Waals surface area (Å²) in [5.41, 5.74) is 0. The topological polar surface area (TPSA) is 74.7 Å². The molecule has 0 bridgehead atoms. The average Bonchev–Trinajstić information content (AvgIpc) is 2.18. The van der Waals surface area contributed by atoms with Crippen molar-refractivity contribution in [2.75, 3.05) is 18.8 Å². The lowest BCUT2D eigenvalue weighted by Crippen LogP contribution is -2.41. The van der Waals surface area contributed by atoms with E-state index in [-0.39, 0.29) is 5.75 Å². The van der Waals surface area contributed by atoms with Crippen LogP contribution in [0.5, 0.6) is 0 Å². The summed E-state index contributed by atoms with van der Waals surface area (Å²) in [5.74, 6) is -1.32. The second kappa shape index (κ2) is 4.76. The van der Waals surface area contributed by atoms with Crippen LogP contribution in [0.4, 0.5) is 0 Å². The van der Waals surface area contributed by atoms with Gasteiger partial charge in [0, 0.05) is 13.1 Å². The van der Waals surface area contributed by atoms with Crippen LogP contribution in [0.1, 0.15) is 12.8 Å². The minimum atomic E-state index is -3.26. The molecule has 0 radical (unpaired) electrons. The van der Waals surface area contributed by atoms with E-state index in [4.69, 9.17) is 5.11 Å². The number of carbonyl (C=O) groups is 1. The SMILES string of the molecule is C=CCS(=O)(=O)N1CCC(C(=O)O)CC1. The fraction of sp³-hybridized carbons (Fsp3) is 0.667. The van der Waals surface area contributed by atoms with Crippen molar-refractivity contribution in [1.29, 1.82) is 0 Å². The Morgan fingerprint density at radius 3 is 2.40 bits per heavy atom. The molecular formula is C9H15NO4S. The summed E-state index contributed by atoms with van der Waals surface area (Å²) in [6.45, 7) is 3.98. The van der Waals surface area contributed by atoms with E-state index in [0.717, 1.165) is 0 Å². The molecule has 1 fully saturated rings. The number of rotatable bonds is 4.